The molecule has 45 heavy (non-hydrogen) atoms. The molecule has 0 fully saturated rings. The van der Waals surface area contributed by atoms with Crippen LogP contribution in [0.3, 0.4) is 0 Å². The second kappa shape index (κ2) is 13.4. The van der Waals surface area contributed by atoms with Crippen LogP contribution in [0.2, 0.25) is 0 Å². The largest absolute Gasteiger partial charge is 0.495 e. The Bertz CT molecular complexity index is 1700. The molecule has 0 amide bonds. The number of rotatable bonds is 11. The quantitative estimate of drug-likeness (QED) is 0.0976. The highest BCUT2D eigenvalue weighted by molar-refractivity contribution is 5.61. The van der Waals surface area contributed by atoms with Crippen molar-refractivity contribution in [1.29, 1.82) is 0 Å². The van der Waals surface area contributed by atoms with E-state index in [1.54, 1.807) is 28.4 Å². The van der Waals surface area contributed by atoms with Crippen LogP contribution < -0.4 is 41.9 Å². The van der Waals surface area contributed by atoms with Crippen molar-refractivity contribution in [3.63, 3.8) is 0 Å². The van der Waals surface area contributed by atoms with Crippen LogP contribution in [-0.4, -0.2) is 28.4 Å². The summed E-state index contributed by atoms with van der Waals surface area (Å²) in [7, 11) is 6.49. The summed E-state index contributed by atoms with van der Waals surface area (Å²) in [5.41, 5.74) is 33.5. The van der Waals surface area contributed by atoms with Gasteiger partial charge in [0.2, 0.25) is 0 Å². The smallest absolute Gasteiger partial charge is 0.142 e. The first-order valence-corrected chi connectivity index (χ1v) is 14.6. The number of methoxy groups -OCH3 is 4. The lowest BCUT2D eigenvalue weighted by atomic mass is 9.81. The minimum atomic E-state index is -0.152. The van der Waals surface area contributed by atoms with Gasteiger partial charge in [0.1, 0.15) is 23.0 Å². The van der Waals surface area contributed by atoms with Crippen molar-refractivity contribution >= 4 is 22.7 Å². The van der Waals surface area contributed by atoms with E-state index in [0.717, 1.165) is 33.4 Å². The van der Waals surface area contributed by atoms with Gasteiger partial charge >= 0.3 is 0 Å². The molecule has 0 aliphatic heterocycles. The normalized spacial score (nSPS) is 11.1. The van der Waals surface area contributed by atoms with E-state index in [1.165, 1.54) is 0 Å². The van der Waals surface area contributed by atoms with Crippen molar-refractivity contribution in [2.24, 2.45) is 0 Å². The summed E-state index contributed by atoms with van der Waals surface area (Å²) in [5, 5.41) is 0. The molecule has 5 aromatic carbocycles. The summed E-state index contributed by atoms with van der Waals surface area (Å²) in [4.78, 5) is 0. The molecule has 5 aromatic rings. The third kappa shape index (κ3) is 6.55. The highest BCUT2D eigenvalue weighted by Crippen LogP contribution is 2.40. The highest BCUT2D eigenvalue weighted by atomic mass is 16.5. The predicted octanol–water partition coefficient (Wildman–Crippen LogP) is 6.60. The van der Waals surface area contributed by atoms with Crippen molar-refractivity contribution in [2.45, 2.75) is 18.3 Å². The maximum Gasteiger partial charge on any atom is 0.142 e. The summed E-state index contributed by atoms with van der Waals surface area (Å²) < 4.78 is 22.3. The summed E-state index contributed by atoms with van der Waals surface area (Å²) in [6.45, 7) is 0. The monoisotopic (exact) mass is 604 g/mol. The third-order valence-electron chi connectivity index (χ3n) is 8.23. The van der Waals surface area contributed by atoms with Gasteiger partial charge in [0.25, 0.3) is 0 Å². The molecular formula is C37H40N4O4. The summed E-state index contributed by atoms with van der Waals surface area (Å²) in [5.74, 6) is 2.29. The second-order valence-electron chi connectivity index (χ2n) is 10.9. The minimum absolute atomic E-state index is 0.0454. The molecular weight excluding hydrogens is 564 g/mol. The van der Waals surface area contributed by atoms with E-state index < -0.39 is 0 Å². The van der Waals surface area contributed by atoms with Gasteiger partial charge in [-0.2, -0.15) is 0 Å². The lowest BCUT2D eigenvalue weighted by Gasteiger charge is -2.23. The fourth-order valence-corrected chi connectivity index (χ4v) is 5.84. The second-order valence-corrected chi connectivity index (χ2v) is 10.9. The Hall–Kier alpha value is -5.50. The molecule has 8 nitrogen and oxygen atoms in total. The Morgan fingerprint density at radius 2 is 0.800 bits per heavy atom. The van der Waals surface area contributed by atoms with Gasteiger partial charge in [-0.25, -0.2) is 0 Å². The molecule has 8 heteroatoms. The number of hydrogen-bond donors (Lipinski definition) is 4. The lowest BCUT2D eigenvalue weighted by Crippen LogP contribution is -2.09. The van der Waals surface area contributed by atoms with Gasteiger partial charge in [-0.3, -0.25) is 0 Å². The van der Waals surface area contributed by atoms with Crippen molar-refractivity contribution in [3.05, 3.63) is 130 Å². The molecule has 0 aromatic heterocycles. The average molecular weight is 605 g/mol. The van der Waals surface area contributed by atoms with E-state index in [2.05, 4.69) is 24.3 Å². The number of nitrogen functional groups attached to an aromatic ring is 4. The van der Waals surface area contributed by atoms with Crippen LogP contribution in [0, 0.1) is 0 Å². The molecule has 0 saturated carbocycles. The summed E-state index contributed by atoms with van der Waals surface area (Å²) >= 11 is 0. The van der Waals surface area contributed by atoms with E-state index in [-0.39, 0.29) is 11.8 Å². The topological polar surface area (TPSA) is 141 Å². The van der Waals surface area contributed by atoms with Gasteiger partial charge < -0.3 is 41.9 Å². The van der Waals surface area contributed by atoms with Gasteiger partial charge in [-0.05, 0) is 88.3 Å². The SMILES string of the molecule is COc1cc(C(Cc2cccc(C(c3ccc(N)c(OC)c3)c3ccc(N)c(OC)c3)c2)c2ccc(N)c(OC)c2)ccc1N. The van der Waals surface area contributed by atoms with E-state index >= 15 is 0 Å². The number of anilines is 4. The molecule has 0 radical (unpaired) electrons. The molecule has 0 aliphatic rings. The van der Waals surface area contributed by atoms with Crippen LogP contribution in [0.1, 0.15) is 45.2 Å². The Labute approximate surface area is 264 Å². The number of ether oxygens (including phenoxy) is 4. The maximum atomic E-state index is 6.20. The van der Waals surface area contributed by atoms with Crippen LogP contribution in [0.15, 0.2) is 97.1 Å². The maximum absolute atomic E-state index is 6.20. The van der Waals surface area contributed by atoms with Crippen LogP contribution in [0.25, 0.3) is 0 Å². The standard InChI is InChI=1S/C37H40N4O4/c1-42-33-18-23(8-12-29(33)38)28(24-9-13-30(39)34(19-24)43-2)17-22-6-5-7-25(16-22)37(26-10-14-31(40)35(20-26)44-3)27-11-15-32(41)36(21-27)45-4/h5-16,18-21,28,37H,17,38-41H2,1-4H3. The van der Waals surface area contributed by atoms with E-state index in [9.17, 15) is 0 Å². The molecule has 232 valence electrons. The van der Waals surface area contributed by atoms with Crippen molar-refractivity contribution < 1.29 is 18.9 Å². The Kier molecular flexibility index (Phi) is 9.23. The van der Waals surface area contributed by atoms with Crippen molar-refractivity contribution in [2.75, 3.05) is 51.4 Å². The predicted molar refractivity (Wildman–Crippen MR) is 183 cm³/mol. The number of benzene rings is 5. The van der Waals surface area contributed by atoms with Crippen molar-refractivity contribution in [1.82, 2.24) is 0 Å². The van der Waals surface area contributed by atoms with Crippen LogP contribution in [0.5, 0.6) is 23.0 Å². The fourth-order valence-electron chi connectivity index (χ4n) is 5.84. The molecule has 0 saturated heterocycles. The first-order chi connectivity index (χ1) is 21.8. The Morgan fingerprint density at radius 1 is 0.444 bits per heavy atom. The van der Waals surface area contributed by atoms with Crippen LogP contribution in [-0.2, 0) is 6.42 Å². The number of nitrogens with two attached hydrogens (primary N) is 4. The average Bonchev–Trinajstić information content (AvgIpc) is 3.06. The van der Waals surface area contributed by atoms with Gasteiger partial charge in [-0.1, -0.05) is 48.5 Å². The van der Waals surface area contributed by atoms with Crippen LogP contribution >= 0.6 is 0 Å². The van der Waals surface area contributed by atoms with Gasteiger partial charge in [-0.15, -0.1) is 0 Å². The molecule has 8 N–H and O–H groups in total. The zero-order valence-electron chi connectivity index (χ0n) is 26.0. The van der Waals surface area contributed by atoms with E-state index in [1.807, 2.05) is 72.8 Å². The van der Waals surface area contributed by atoms with Gasteiger partial charge in [0.15, 0.2) is 0 Å². The third-order valence-corrected chi connectivity index (χ3v) is 8.23. The first-order valence-electron chi connectivity index (χ1n) is 14.6. The molecule has 0 spiro atoms. The molecule has 0 heterocycles. The lowest BCUT2D eigenvalue weighted by molar-refractivity contribution is 0.415. The summed E-state index contributed by atoms with van der Waals surface area (Å²) in [6, 6.07) is 32.2. The van der Waals surface area contributed by atoms with Gasteiger partial charge in [0.05, 0.1) is 51.2 Å². The molecule has 5 rings (SSSR count). The highest BCUT2D eigenvalue weighted by Gasteiger charge is 2.22. The summed E-state index contributed by atoms with van der Waals surface area (Å²) in [6.07, 6.45) is 0.691. The zero-order chi connectivity index (χ0) is 32.1. The number of hydrogen-bond acceptors (Lipinski definition) is 8. The molecule has 0 aliphatic carbocycles. The van der Waals surface area contributed by atoms with E-state index in [0.29, 0.717) is 52.2 Å². The van der Waals surface area contributed by atoms with Gasteiger partial charge in [0, 0.05) is 11.8 Å². The molecule has 0 unspecified atom stereocenters. The minimum Gasteiger partial charge on any atom is -0.495 e. The van der Waals surface area contributed by atoms with Crippen molar-refractivity contribution in [3.8, 4) is 23.0 Å². The Morgan fingerprint density at radius 3 is 1.20 bits per heavy atom. The fraction of sp³-hybridized carbons (Fsp3) is 0.189. The van der Waals surface area contributed by atoms with E-state index in [4.69, 9.17) is 41.9 Å². The first kappa shape index (κ1) is 30.9. The molecule has 0 bridgehead atoms. The Balaban J connectivity index is 1.63. The molecule has 0 atom stereocenters. The zero-order valence-corrected chi connectivity index (χ0v) is 26.0. The van der Waals surface area contributed by atoms with Crippen LogP contribution in [0.4, 0.5) is 22.7 Å².